The fourth-order valence-corrected chi connectivity index (χ4v) is 3.59. The van der Waals surface area contributed by atoms with Crippen LogP contribution >= 0.6 is 24.0 Å². The van der Waals surface area contributed by atoms with Crippen LogP contribution in [0.3, 0.4) is 0 Å². The summed E-state index contributed by atoms with van der Waals surface area (Å²) in [6.45, 7) is 2.93. The first-order valence-corrected chi connectivity index (χ1v) is 9.39. The van der Waals surface area contributed by atoms with Crippen LogP contribution in [0.15, 0.2) is 53.4 Å². The summed E-state index contributed by atoms with van der Waals surface area (Å²) in [6, 6.07) is 15.5. The van der Waals surface area contributed by atoms with Crippen LogP contribution in [0, 0.1) is 6.92 Å². The number of carbonyl (C=O) groups is 1. The number of amides is 1. The molecule has 1 amide bonds. The van der Waals surface area contributed by atoms with Crippen LogP contribution in [0.4, 0.5) is 0 Å². The quantitative estimate of drug-likeness (QED) is 0.421. The summed E-state index contributed by atoms with van der Waals surface area (Å²) in [6.07, 6.45) is 1.83. The Labute approximate surface area is 162 Å². The van der Waals surface area contributed by atoms with Crippen LogP contribution in [0.5, 0.6) is 11.5 Å². The molecule has 1 fully saturated rings. The van der Waals surface area contributed by atoms with E-state index >= 15 is 0 Å². The highest BCUT2D eigenvalue weighted by Gasteiger charge is 2.28. The number of hydrogen-bond donors (Lipinski definition) is 0. The van der Waals surface area contributed by atoms with E-state index in [0.29, 0.717) is 22.4 Å². The van der Waals surface area contributed by atoms with Gasteiger partial charge < -0.3 is 9.47 Å². The summed E-state index contributed by atoms with van der Waals surface area (Å²) >= 11 is 6.46. The van der Waals surface area contributed by atoms with Gasteiger partial charge in [-0.15, -0.1) is 0 Å². The number of thiocarbonyl (C=S) groups is 1. The molecule has 0 radical (unpaired) electrons. The van der Waals surface area contributed by atoms with E-state index in [9.17, 15) is 4.79 Å². The van der Waals surface area contributed by atoms with Crippen LogP contribution < -0.4 is 9.47 Å². The molecule has 0 unspecified atom stereocenters. The minimum Gasteiger partial charge on any atom is -0.490 e. The van der Waals surface area contributed by atoms with Gasteiger partial charge in [0.2, 0.25) is 0 Å². The second kappa shape index (κ2) is 8.38. The number of nitrogens with zero attached hydrogens (tertiary/aromatic N) is 1. The monoisotopic (exact) mass is 385 g/mol. The number of rotatable bonds is 6. The van der Waals surface area contributed by atoms with Gasteiger partial charge in [-0.2, -0.15) is 0 Å². The van der Waals surface area contributed by atoms with E-state index in [4.69, 9.17) is 21.7 Å². The largest absolute Gasteiger partial charge is 0.490 e. The Morgan fingerprint density at radius 2 is 1.73 bits per heavy atom. The van der Waals surface area contributed by atoms with Crippen molar-refractivity contribution in [3.8, 4) is 11.5 Å². The zero-order valence-electron chi connectivity index (χ0n) is 14.6. The van der Waals surface area contributed by atoms with Crippen molar-refractivity contribution < 1.29 is 14.3 Å². The maximum Gasteiger partial charge on any atom is 0.265 e. The van der Waals surface area contributed by atoms with Gasteiger partial charge in [0.1, 0.15) is 29.0 Å². The van der Waals surface area contributed by atoms with E-state index in [0.717, 1.165) is 22.6 Å². The summed E-state index contributed by atoms with van der Waals surface area (Å²) < 4.78 is 12.0. The Bertz CT molecular complexity index is 864. The van der Waals surface area contributed by atoms with Crippen molar-refractivity contribution in [2.75, 3.05) is 20.3 Å². The highest BCUT2D eigenvalue weighted by atomic mass is 32.2. The van der Waals surface area contributed by atoms with Gasteiger partial charge in [-0.25, -0.2) is 0 Å². The van der Waals surface area contributed by atoms with Crippen molar-refractivity contribution in [2.45, 2.75) is 6.92 Å². The Hall–Kier alpha value is -2.31. The lowest BCUT2D eigenvalue weighted by Crippen LogP contribution is -2.22. The average Bonchev–Trinajstić information content (AvgIpc) is 2.86. The minimum absolute atomic E-state index is 0.0714. The molecular weight excluding hydrogens is 366 g/mol. The third-order valence-corrected chi connectivity index (χ3v) is 5.24. The van der Waals surface area contributed by atoms with E-state index in [1.54, 1.807) is 7.05 Å². The number of carbonyl (C=O) groups excluding carboxylic acids is 1. The number of thioether (sulfide) groups is 1. The van der Waals surface area contributed by atoms with Crippen LogP contribution in [-0.4, -0.2) is 35.4 Å². The van der Waals surface area contributed by atoms with E-state index in [2.05, 4.69) is 0 Å². The molecule has 1 saturated heterocycles. The highest BCUT2D eigenvalue weighted by Crippen LogP contribution is 2.31. The zero-order chi connectivity index (χ0) is 18.5. The first-order chi connectivity index (χ1) is 12.5. The molecule has 4 nitrogen and oxygen atoms in total. The molecule has 6 heteroatoms. The third-order valence-electron chi connectivity index (χ3n) is 3.75. The Morgan fingerprint density at radius 1 is 1.08 bits per heavy atom. The van der Waals surface area contributed by atoms with E-state index < -0.39 is 0 Å². The predicted octanol–water partition coefficient (Wildman–Crippen LogP) is 4.28. The summed E-state index contributed by atoms with van der Waals surface area (Å²) in [5.41, 5.74) is 2.06. The SMILES string of the molecule is Cc1cccc(OCCOc2cccc(C=C3SC(=S)N(C)C3=O)c2)c1. The molecule has 3 rings (SSSR count). The number of aryl methyl sites for hydroxylation is 1. The number of likely N-dealkylation sites (N-methyl/N-ethyl adjacent to an activating group) is 1. The van der Waals surface area contributed by atoms with E-state index in [1.807, 2.05) is 61.5 Å². The molecule has 2 aromatic carbocycles. The van der Waals surface area contributed by atoms with Crippen LogP contribution in [0.2, 0.25) is 0 Å². The van der Waals surface area contributed by atoms with Crippen LogP contribution in [0.1, 0.15) is 11.1 Å². The van der Waals surface area contributed by atoms with Gasteiger partial charge >= 0.3 is 0 Å². The lowest BCUT2D eigenvalue weighted by atomic mass is 10.2. The maximum atomic E-state index is 12.1. The van der Waals surface area contributed by atoms with Crippen molar-refractivity contribution >= 4 is 40.3 Å². The molecule has 0 saturated carbocycles. The van der Waals surface area contributed by atoms with Crippen molar-refractivity contribution in [3.05, 3.63) is 64.6 Å². The lowest BCUT2D eigenvalue weighted by molar-refractivity contribution is -0.121. The van der Waals surface area contributed by atoms with Crippen LogP contribution in [-0.2, 0) is 4.79 Å². The van der Waals surface area contributed by atoms with Crippen LogP contribution in [0.25, 0.3) is 6.08 Å². The van der Waals surface area contributed by atoms with Gasteiger partial charge in [0, 0.05) is 7.05 Å². The van der Waals surface area contributed by atoms with Gasteiger partial charge in [-0.3, -0.25) is 9.69 Å². The smallest absolute Gasteiger partial charge is 0.265 e. The van der Waals surface area contributed by atoms with Gasteiger partial charge in [-0.05, 0) is 48.4 Å². The molecule has 0 aromatic heterocycles. The number of benzene rings is 2. The fraction of sp³-hybridized carbons (Fsp3) is 0.200. The molecule has 0 N–H and O–H groups in total. The Morgan fingerprint density at radius 3 is 2.35 bits per heavy atom. The minimum atomic E-state index is -0.0714. The standard InChI is InChI=1S/C20H19NO3S2/c1-14-5-3-7-16(11-14)23-9-10-24-17-8-4-6-15(12-17)13-18-19(22)21(2)20(25)26-18/h3-8,11-13H,9-10H2,1-2H3. The van der Waals surface area contributed by atoms with Gasteiger partial charge in [0.05, 0.1) is 4.91 Å². The first-order valence-electron chi connectivity index (χ1n) is 8.17. The van der Waals surface area contributed by atoms with Crippen molar-refractivity contribution in [1.29, 1.82) is 0 Å². The van der Waals surface area contributed by atoms with Gasteiger partial charge in [0.15, 0.2) is 0 Å². The zero-order valence-corrected chi connectivity index (χ0v) is 16.2. The van der Waals surface area contributed by atoms with E-state index in [-0.39, 0.29) is 5.91 Å². The van der Waals surface area contributed by atoms with Gasteiger partial charge in [0.25, 0.3) is 5.91 Å². The number of hydrogen-bond acceptors (Lipinski definition) is 5. The lowest BCUT2D eigenvalue weighted by Gasteiger charge is -2.09. The summed E-state index contributed by atoms with van der Waals surface area (Å²) in [4.78, 5) is 14.2. The summed E-state index contributed by atoms with van der Waals surface area (Å²) in [5.74, 6) is 1.50. The maximum absolute atomic E-state index is 12.1. The number of ether oxygens (including phenoxy) is 2. The molecule has 0 bridgehead atoms. The fourth-order valence-electron chi connectivity index (χ4n) is 2.42. The average molecular weight is 386 g/mol. The van der Waals surface area contributed by atoms with E-state index in [1.165, 1.54) is 16.7 Å². The topological polar surface area (TPSA) is 38.8 Å². The molecule has 1 aliphatic heterocycles. The molecule has 1 aliphatic rings. The summed E-state index contributed by atoms with van der Waals surface area (Å²) in [7, 11) is 1.69. The molecular formula is C20H19NO3S2. The Balaban J connectivity index is 1.56. The molecule has 2 aromatic rings. The first kappa shape index (κ1) is 18.5. The molecule has 0 aliphatic carbocycles. The third kappa shape index (κ3) is 4.65. The molecule has 134 valence electrons. The highest BCUT2D eigenvalue weighted by molar-refractivity contribution is 8.26. The molecule has 0 spiro atoms. The molecule has 1 heterocycles. The van der Waals surface area contributed by atoms with Gasteiger partial charge in [-0.1, -0.05) is 48.2 Å². The van der Waals surface area contributed by atoms with Crippen molar-refractivity contribution in [3.63, 3.8) is 0 Å². The summed E-state index contributed by atoms with van der Waals surface area (Å²) in [5, 5.41) is 0. The van der Waals surface area contributed by atoms with Crippen molar-refractivity contribution in [1.82, 2.24) is 4.90 Å². The Kier molecular flexibility index (Phi) is 5.96. The predicted molar refractivity (Wildman–Crippen MR) is 110 cm³/mol. The second-order valence-electron chi connectivity index (χ2n) is 5.83. The normalized spacial score (nSPS) is 15.6. The molecule has 26 heavy (non-hydrogen) atoms. The van der Waals surface area contributed by atoms with Crippen molar-refractivity contribution in [2.24, 2.45) is 0 Å². The molecule has 0 atom stereocenters. The second-order valence-corrected chi connectivity index (χ2v) is 7.50.